The van der Waals surface area contributed by atoms with E-state index in [1.54, 1.807) is 26.1 Å². The van der Waals surface area contributed by atoms with Gasteiger partial charge in [-0.15, -0.1) is 11.6 Å². The summed E-state index contributed by atoms with van der Waals surface area (Å²) in [7, 11) is 3.16. The average Bonchev–Trinajstić information content (AvgIpc) is 2.30. The van der Waals surface area contributed by atoms with Crippen LogP contribution in [-0.4, -0.2) is 35.4 Å². The van der Waals surface area contributed by atoms with E-state index in [9.17, 15) is 9.90 Å². The van der Waals surface area contributed by atoms with Gasteiger partial charge in [-0.2, -0.15) is 0 Å². The molecule has 0 aromatic heterocycles. The smallest absolute Gasteiger partial charge is 0.240 e. The summed E-state index contributed by atoms with van der Waals surface area (Å²) < 4.78 is 5.00. The molecule has 1 rings (SSSR count). The van der Waals surface area contributed by atoms with Crippen LogP contribution in [0.4, 0.5) is 0 Å². The molecule has 1 N–H and O–H groups in total. The van der Waals surface area contributed by atoms with E-state index in [1.807, 2.05) is 0 Å². The number of halogens is 1. The number of aromatic hydroxyl groups is 1. The molecule has 0 aliphatic heterocycles. The van der Waals surface area contributed by atoms with Gasteiger partial charge in [0.15, 0.2) is 11.5 Å². The van der Waals surface area contributed by atoms with Crippen molar-refractivity contribution in [3.63, 3.8) is 0 Å². The van der Waals surface area contributed by atoms with Gasteiger partial charge in [0.05, 0.1) is 7.11 Å². The first kappa shape index (κ1) is 13.6. The van der Waals surface area contributed by atoms with Crippen molar-refractivity contribution < 1.29 is 14.6 Å². The van der Waals surface area contributed by atoms with Crippen LogP contribution in [0.1, 0.15) is 12.5 Å². The quantitative estimate of drug-likeness (QED) is 0.840. The van der Waals surface area contributed by atoms with Crippen LogP contribution in [0, 0.1) is 0 Å². The number of amides is 1. The van der Waals surface area contributed by atoms with Crippen molar-refractivity contribution >= 4 is 17.5 Å². The molecule has 5 heteroatoms. The van der Waals surface area contributed by atoms with E-state index >= 15 is 0 Å². The van der Waals surface area contributed by atoms with Crippen LogP contribution in [0.5, 0.6) is 11.5 Å². The van der Waals surface area contributed by atoms with Gasteiger partial charge in [-0.05, 0) is 24.6 Å². The lowest BCUT2D eigenvalue weighted by atomic mass is 10.2. The molecule has 1 aromatic carbocycles. The highest BCUT2D eigenvalue weighted by molar-refractivity contribution is 6.30. The first-order valence-electron chi connectivity index (χ1n) is 5.20. The average molecular weight is 258 g/mol. The number of rotatable bonds is 4. The van der Waals surface area contributed by atoms with Crippen molar-refractivity contribution in [2.45, 2.75) is 18.8 Å². The monoisotopic (exact) mass is 257 g/mol. The Morgan fingerprint density at radius 3 is 2.76 bits per heavy atom. The molecule has 4 nitrogen and oxygen atoms in total. The lowest BCUT2D eigenvalue weighted by molar-refractivity contribution is -0.129. The molecule has 0 fully saturated rings. The van der Waals surface area contributed by atoms with Crippen molar-refractivity contribution in [1.29, 1.82) is 0 Å². The first-order valence-corrected chi connectivity index (χ1v) is 5.64. The Morgan fingerprint density at radius 1 is 1.59 bits per heavy atom. The van der Waals surface area contributed by atoms with Crippen LogP contribution in [0.3, 0.4) is 0 Å². The molecule has 0 saturated heterocycles. The van der Waals surface area contributed by atoms with Crippen LogP contribution >= 0.6 is 11.6 Å². The van der Waals surface area contributed by atoms with Gasteiger partial charge < -0.3 is 14.7 Å². The number of hydrogen-bond acceptors (Lipinski definition) is 3. The summed E-state index contributed by atoms with van der Waals surface area (Å²) in [6.07, 6.45) is 0. The summed E-state index contributed by atoms with van der Waals surface area (Å²) in [5.74, 6) is 0.330. The van der Waals surface area contributed by atoms with Gasteiger partial charge in [-0.1, -0.05) is 6.07 Å². The molecule has 17 heavy (non-hydrogen) atoms. The van der Waals surface area contributed by atoms with Crippen LogP contribution < -0.4 is 4.74 Å². The third-order valence-electron chi connectivity index (χ3n) is 2.38. The fraction of sp³-hybridized carbons (Fsp3) is 0.417. The lowest BCUT2D eigenvalue weighted by Crippen LogP contribution is -2.31. The number of alkyl halides is 1. The molecule has 1 amide bonds. The number of carbonyl (C=O) groups excluding carboxylic acids is 1. The van der Waals surface area contributed by atoms with E-state index in [0.717, 1.165) is 5.56 Å². The molecule has 0 saturated carbocycles. The van der Waals surface area contributed by atoms with Crippen molar-refractivity contribution in [3.8, 4) is 11.5 Å². The highest BCUT2D eigenvalue weighted by Crippen LogP contribution is 2.26. The van der Waals surface area contributed by atoms with Gasteiger partial charge in [-0.3, -0.25) is 4.79 Å². The van der Waals surface area contributed by atoms with Crippen LogP contribution in [-0.2, 0) is 11.3 Å². The maximum atomic E-state index is 11.6. The van der Waals surface area contributed by atoms with Gasteiger partial charge in [0.25, 0.3) is 0 Å². The largest absolute Gasteiger partial charge is 0.504 e. The van der Waals surface area contributed by atoms with Gasteiger partial charge in [-0.25, -0.2) is 0 Å². The Balaban J connectivity index is 2.78. The zero-order valence-corrected chi connectivity index (χ0v) is 10.9. The third kappa shape index (κ3) is 3.53. The number of carbonyl (C=O) groups is 1. The van der Waals surface area contributed by atoms with Gasteiger partial charge in [0.2, 0.25) is 5.91 Å². The van der Waals surface area contributed by atoms with Crippen molar-refractivity contribution in [3.05, 3.63) is 23.8 Å². The van der Waals surface area contributed by atoms with E-state index in [0.29, 0.717) is 12.3 Å². The lowest BCUT2D eigenvalue weighted by Gasteiger charge is -2.19. The van der Waals surface area contributed by atoms with E-state index in [-0.39, 0.29) is 11.7 Å². The molecule has 0 radical (unpaired) electrons. The first-order chi connectivity index (χ1) is 7.95. The zero-order chi connectivity index (χ0) is 13.0. The fourth-order valence-corrected chi connectivity index (χ4v) is 1.64. The van der Waals surface area contributed by atoms with Crippen molar-refractivity contribution in [2.24, 2.45) is 0 Å². The molecule has 0 aliphatic rings. The van der Waals surface area contributed by atoms with E-state index in [1.165, 1.54) is 18.1 Å². The molecule has 0 spiro atoms. The molecule has 0 heterocycles. The minimum atomic E-state index is -0.543. The third-order valence-corrected chi connectivity index (χ3v) is 2.57. The molecule has 0 aliphatic carbocycles. The predicted molar refractivity (Wildman–Crippen MR) is 66.4 cm³/mol. The maximum Gasteiger partial charge on any atom is 0.240 e. The number of benzene rings is 1. The molecular weight excluding hydrogens is 242 g/mol. The van der Waals surface area contributed by atoms with Crippen LogP contribution in [0.15, 0.2) is 18.2 Å². The van der Waals surface area contributed by atoms with Crippen LogP contribution in [0.2, 0.25) is 0 Å². The summed E-state index contributed by atoms with van der Waals surface area (Å²) in [6.45, 7) is 2.06. The standard InChI is InChI=1S/C12H16ClNO3/c1-8(13)12(16)14(2)7-9-4-5-10(15)11(6-9)17-3/h4-6,8,15H,7H2,1-3H3. The summed E-state index contributed by atoms with van der Waals surface area (Å²) in [6, 6.07) is 4.97. The van der Waals surface area contributed by atoms with Gasteiger partial charge >= 0.3 is 0 Å². The fourth-order valence-electron chi connectivity index (χ4n) is 1.48. The number of phenols is 1. The molecule has 1 atom stereocenters. The van der Waals surface area contributed by atoms with E-state index in [2.05, 4.69) is 0 Å². The normalized spacial score (nSPS) is 12.0. The summed E-state index contributed by atoms with van der Waals surface area (Å²) in [4.78, 5) is 13.1. The summed E-state index contributed by atoms with van der Waals surface area (Å²) in [5, 5.41) is 8.90. The minimum Gasteiger partial charge on any atom is -0.504 e. The van der Waals surface area contributed by atoms with Crippen molar-refractivity contribution in [1.82, 2.24) is 4.90 Å². The Morgan fingerprint density at radius 2 is 2.24 bits per heavy atom. The number of ether oxygens (including phenoxy) is 1. The van der Waals surface area contributed by atoms with Gasteiger partial charge in [0.1, 0.15) is 5.38 Å². The molecule has 0 bridgehead atoms. The molecule has 1 aromatic rings. The second-order valence-electron chi connectivity index (χ2n) is 3.82. The minimum absolute atomic E-state index is 0.0796. The molecule has 1 unspecified atom stereocenters. The highest BCUT2D eigenvalue weighted by atomic mass is 35.5. The Bertz CT molecular complexity index is 407. The maximum absolute atomic E-state index is 11.6. The number of nitrogens with zero attached hydrogens (tertiary/aromatic N) is 1. The predicted octanol–water partition coefficient (Wildman–Crippen LogP) is 1.99. The SMILES string of the molecule is COc1cc(CN(C)C(=O)C(C)Cl)ccc1O. The highest BCUT2D eigenvalue weighted by Gasteiger charge is 2.15. The second kappa shape index (κ2) is 5.77. The summed E-state index contributed by atoms with van der Waals surface area (Å²) >= 11 is 5.72. The number of methoxy groups -OCH3 is 1. The van der Waals surface area contributed by atoms with Gasteiger partial charge in [0, 0.05) is 13.6 Å². The second-order valence-corrected chi connectivity index (χ2v) is 4.47. The van der Waals surface area contributed by atoms with E-state index in [4.69, 9.17) is 16.3 Å². The Kier molecular flexibility index (Phi) is 4.63. The van der Waals surface area contributed by atoms with Crippen LogP contribution in [0.25, 0.3) is 0 Å². The summed E-state index contributed by atoms with van der Waals surface area (Å²) in [5.41, 5.74) is 0.868. The number of phenolic OH excluding ortho intramolecular Hbond substituents is 1. The Hall–Kier alpha value is -1.42. The molecular formula is C12H16ClNO3. The molecule has 94 valence electrons. The number of hydrogen-bond donors (Lipinski definition) is 1. The van der Waals surface area contributed by atoms with Crippen molar-refractivity contribution in [2.75, 3.05) is 14.2 Å². The Labute approximate surface area is 106 Å². The zero-order valence-electron chi connectivity index (χ0n) is 10.1. The topological polar surface area (TPSA) is 49.8 Å². The van der Waals surface area contributed by atoms with E-state index < -0.39 is 5.38 Å².